The van der Waals surface area contributed by atoms with Crippen molar-refractivity contribution in [3.8, 4) is 5.75 Å². The van der Waals surface area contributed by atoms with E-state index in [0.717, 1.165) is 11.2 Å². The van der Waals surface area contributed by atoms with Crippen molar-refractivity contribution in [2.24, 2.45) is 0 Å². The van der Waals surface area contributed by atoms with Crippen molar-refractivity contribution in [2.45, 2.75) is 0 Å². The number of piperazine rings is 1. The van der Waals surface area contributed by atoms with Crippen LogP contribution in [0.5, 0.6) is 5.75 Å². The molecule has 0 radical (unpaired) electrons. The molecule has 8 heteroatoms. The summed E-state index contributed by atoms with van der Waals surface area (Å²) in [5.41, 5.74) is 0.608. The number of aromatic hydroxyl groups is 1. The number of aromatic nitrogens is 1. The molecule has 2 amide bonds. The van der Waals surface area contributed by atoms with Crippen LogP contribution in [-0.2, 0) is 4.79 Å². The number of anilines is 2. The van der Waals surface area contributed by atoms with Gasteiger partial charge in [-0.15, -0.1) is 11.3 Å². The average molecular weight is 358 g/mol. The highest BCUT2D eigenvalue weighted by Crippen LogP contribution is 2.25. The molecule has 0 unspecified atom stereocenters. The monoisotopic (exact) mass is 358 g/mol. The number of thiazole rings is 1. The zero-order chi connectivity index (χ0) is 17.8. The summed E-state index contributed by atoms with van der Waals surface area (Å²) in [5, 5.41) is 15.5. The molecule has 0 atom stereocenters. The number of nitrogens with zero attached hydrogens (tertiary/aromatic N) is 3. The van der Waals surface area contributed by atoms with Gasteiger partial charge in [-0.05, 0) is 24.3 Å². The van der Waals surface area contributed by atoms with Crippen molar-refractivity contribution >= 4 is 34.0 Å². The van der Waals surface area contributed by atoms with Gasteiger partial charge in [-0.3, -0.25) is 9.59 Å². The summed E-state index contributed by atoms with van der Waals surface area (Å²) in [4.78, 5) is 32.2. The Balaban J connectivity index is 1.70. The Bertz CT molecular complexity index is 783. The SMILES string of the molecule is C=CC(=O)Nc1ccc(O)c(C(=O)N2CCN(c3nccs3)CC2)c1. The Hall–Kier alpha value is -2.87. The fourth-order valence-corrected chi connectivity index (χ4v) is 3.32. The summed E-state index contributed by atoms with van der Waals surface area (Å²) in [5.74, 6) is -0.740. The van der Waals surface area contributed by atoms with Crippen LogP contribution in [0.25, 0.3) is 0 Å². The van der Waals surface area contributed by atoms with Gasteiger partial charge in [0.1, 0.15) is 5.75 Å². The minimum atomic E-state index is -0.374. The van der Waals surface area contributed by atoms with Crippen LogP contribution >= 0.6 is 11.3 Å². The first-order valence-electron chi connectivity index (χ1n) is 7.78. The molecule has 130 valence electrons. The van der Waals surface area contributed by atoms with Gasteiger partial charge in [0.05, 0.1) is 5.56 Å². The van der Waals surface area contributed by atoms with Crippen molar-refractivity contribution in [1.82, 2.24) is 9.88 Å². The predicted octanol–water partition coefficient (Wildman–Crippen LogP) is 1.94. The van der Waals surface area contributed by atoms with Crippen molar-refractivity contribution < 1.29 is 14.7 Å². The summed E-state index contributed by atoms with van der Waals surface area (Å²) in [6.07, 6.45) is 2.91. The second kappa shape index (κ2) is 7.35. The molecule has 1 saturated heterocycles. The third kappa shape index (κ3) is 3.80. The lowest BCUT2D eigenvalue weighted by Gasteiger charge is -2.34. The number of benzene rings is 1. The number of carbonyl (C=O) groups is 2. The van der Waals surface area contributed by atoms with E-state index in [0.29, 0.717) is 31.9 Å². The van der Waals surface area contributed by atoms with Gasteiger partial charge in [0.2, 0.25) is 5.91 Å². The van der Waals surface area contributed by atoms with E-state index in [1.54, 1.807) is 22.4 Å². The quantitative estimate of drug-likeness (QED) is 0.644. The number of phenols is 1. The van der Waals surface area contributed by atoms with E-state index in [4.69, 9.17) is 0 Å². The third-order valence-electron chi connectivity index (χ3n) is 3.94. The van der Waals surface area contributed by atoms with Crippen LogP contribution in [0.1, 0.15) is 10.4 Å². The molecule has 1 aromatic heterocycles. The lowest BCUT2D eigenvalue weighted by Crippen LogP contribution is -2.48. The molecule has 1 fully saturated rings. The van der Waals surface area contributed by atoms with E-state index in [1.165, 1.54) is 18.2 Å². The fourth-order valence-electron chi connectivity index (χ4n) is 2.62. The molecular weight excluding hydrogens is 340 g/mol. The third-order valence-corrected chi connectivity index (χ3v) is 4.77. The van der Waals surface area contributed by atoms with Crippen molar-refractivity contribution in [3.05, 3.63) is 48.0 Å². The first-order valence-corrected chi connectivity index (χ1v) is 8.66. The summed E-state index contributed by atoms with van der Waals surface area (Å²) in [6.45, 7) is 5.85. The number of carbonyl (C=O) groups excluding carboxylic acids is 2. The Morgan fingerprint density at radius 3 is 2.68 bits per heavy atom. The molecule has 0 aliphatic carbocycles. The maximum Gasteiger partial charge on any atom is 0.257 e. The van der Waals surface area contributed by atoms with Gasteiger partial charge in [0.15, 0.2) is 5.13 Å². The van der Waals surface area contributed by atoms with Gasteiger partial charge in [0.25, 0.3) is 5.91 Å². The lowest BCUT2D eigenvalue weighted by molar-refractivity contribution is -0.111. The molecule has 2 N–H and O–H groups in total. The number of nitrogens with one attached hydrogen (secondary N) is 1. The van der Waals surface area contributed by atoms with Crippen molar-refractivity contribution in [2.75, 3.05) is 36.4 Å². The largest absolute Gasteiger partial charge is 0.507 e. The average Bonchev–Trinajstić information content (AvgIpc) is 3.17. The molecule has 0 spiro atoms. The van der Waals surface area contributed by atoms with E-state index in [-0.39, 0.29) is 23.1 Å². The zero-order valence-electron chi connectivity index (χ0n) is 13.5. The van der Waals surface area contributed by atoms with Gasteiger partial charge in [0, 0.05) is 43.4 Å². The number of hydrogen-bond donors (Lipinski definition) is 2. The van der Waals surface area contributed by atoms with Gasteiger partial charge in [-0.2, -0.15) is 0 Å². The van der Waals surface area contributed by atoms with Gasteiger partial charge < -0.3 is 20.2 Å². The topological polar surface area (TPSA) is 85.8 Å². The molecule has 2 aromatic rings. The number of phenolic OH excluding ortho intramolecular Hbond substituents is 1. The molecule has 25 heavy (non-hydrogen) atoms. The Kier molecular flexibility index (Phi) is 4.99. The van der Waals surface area contributed by atoms with Crippen molar-refractivity contribution in [3.63, 3.8) is 0 Å². The highest BCUT2D eigenvalue weighted by Gasteiger charge is 2.25. The van der Waals surface area contributed by atoms with Gasteiger partial charge in [-0.25, -0.2) is 4.98 Å². The molecule has 3 rings (SSSR count). The summed E-state index contributed by atoms with van der Waals surface area (Å²) >= 11 is 1.57. The molecule has 0 bridgehead atoms. The fraction of sp³-hybridized carbons (Fsp3) is 0.235. The highest BCUT2D eigenvalue weighted by molar-refractivity contribution is 7.13. The van der Waals surface area contributed by atoms with E-state index in [1.807, 2.05) is 5.38 Å². The minimum absolute atomic E-state index is 0.107. The lowest BCUT2D eigenvalue weighted by atomic mass is 10.1. The Morgan fingerprint density at radius 2 is 2.04 bits per heavy atom. The van der Waals surface area contributed by atoms with E-state index < -0.39 is 0 Å². The Labute approximate surface area is 149 Å². The van der Waals surface area contributed by atoms with Crippen LogP contribution in [0.3, 0.4) is 0 Å². The second-order valence-electron chi connectivity index (χ2n) is 5.52. The molecule has 7 nitrogen and oxygen atoms in total. The molecule has 1 aromatic carbocycles. The molecule has 2 heterocycles. The van der Waals surface area contributed by atoms with Crippen LogP contribution in [0.2, 0.25) is 0 Å². The van der Waals surface area contributed by atoms with Crippen LogP contribution in [0.15, 0.2) is 42.4 Å². The van der Waals surface area contributed by atoms with Crippen LogP contribution < -0.4 is 10.2 Å². The summed E-state index contributed by atoms with van der Waals surface area (Å²) in [7, 11) is 0. The van der Waals surface area contributed by atoms with Crippen LogP contribution in [0.4, 0.5) is 10.8 Å². The molecular formula is C17H18N4O3S. The van der Waals surface area contributed by atoms with Crippen LogP contribution in [0, 0.1) is 0 Å². The molecule has 1 aliphatic heterocycles. The van der Waals surface area contributed by atoms with Crippen molar-refractivity contribution in [1.29, 1.82) is 0 Å². The standard InChI is InChI=1S/C17H18N4O3S/c1-2-15(23)19-12-3-4-14(22)13(11-12)16(24)20-6-8-21(9-7-20)17-18-5-10-25-17/h2-5,10-11,22H,1,6-9H2,(H,19,23). The summed E-state index contributed by atoms with van der Waals surface area (Å²) in [6, 6.07) is 4.41. The van der Waals surface area contributed by atoms with Gasteiger partial charge >= 0.3 is 0 Å². The Morgan fingerprint density at radius 1 is 1.28 bits per heavy atom. The predicted molar refractivity (Wildman–Crippen MR) is 97.2 cm³/mol. The maximum absolute atomic E-state index is 12.7. The smallest absolute Gasteiger partial charge is 0.257 e. The molecule has 1 aliphatic rings. The second-order valence-corrected chi connectivity index (χ2v) is 6.39. The number of rotatable bonds is 4. The number of amides is 2. The first kappa shape index (κ1) is 17.0. The zero-order valence-corrected chi connectivity index (χ0v) is 14.3. The number of hydrogen-bond acceptors (Lipinski definition) is 6. The minimum Gasteiger partial charge on any atom is -0.507 e. The first-order chi connectivity index (χ1) is 12.1. The van der Waals surface area contributed by atoms with Crippen LogP contribution in [-0.4, -0.2) is 53.0 Å². The highest BCUT2D eigenvalue weighted by atomic mass is 32.1. The van der Waals surface area contributed by atoms with E-state index in [9.17, 15) is 14.7 Å². The normalized spacial score (nSPS) is 14.2. The van der Waals surface area contributed by atoms with E-state index in [2.05, 4.69) is 21.8 Å². The van der Waals surface area contributed by atoms with Gasteiger partial charge in [-0.1, -0.05) is 6.58 Å². The van der Waals surface area contributed by atoms with E-state index >= 15 is 0 Å². The summed E-state index contributed by atoms with van der Waals surface area (Å²) < 4.78 is 0. The maximum atomic E-state index is 12.7. The molecule has 0 saturated carbocycles.